The van der Waals surface area contributed by atoms with E-state index in [1.54, 1.807) is 42.5 Å². The van der Waals surface area contributed by atoms with Crippen molar-refractivity contribution in [3.8, 4) is 5.75 Å². The Bertz CT molecular complexity index is 1030. The van der Waals surface area contributed by atoms with Crippen molar-refractivity contribution in [2.45, 2.75) is 19.8 Å². The molecule has 0 atom stereocenters. The first-order valence-electron chi connectivity index (χ1n) is 9.88. The van der Waals surface area contributed by atoms with Crippen molar-refractivity contribution in [1.29, 1.82) is 0 Å². The van der Waals surface area contributed by atoms with Crippen molar-refractivity contribution in [2.24, 2.45) is 5.92 Å². The van der Waals surface area contributed by atoms with E-state index >= 15 is 0 Å². The second-order valence-corrected chi connectivity index (χ2v) is 8.53. The van der Waals surface area contributed by atoms with Crippen LogP contribution in [0.15, 0.2) is 48.2 Å². The summed E-state index contributed by atoms with van der Waals surface area (Å²) in [5.41, 5.74) is 1.81. The number of imide groups is 1. The minimum atomic E-state index is -0.392. The fourth-order valence-electron chi connectivity index (χ4n) is 3.98. The number of piperidine rings is 1. The molecule has 0 aromatic heterocycles. The predicted octanol–water partition coefficient (Wildman–Crippen LogP) is 5.02. The summed E-state index contributed by atoms with van der Waals surface area (Å²) in [6, 6.07) is 11.9. The third-order valence-corrected chi connectivity index (χ3v) is 6.16. The molecular weight excluding hydrogens is 423 g/mol. The number of likely N-dealkylation sites (tertiary alicyclic amines) is 1. The summed E-state index contributed by atoms with van der Waals surface area (Å²) in [4.78, 5) is 30.4. The Hall–Kier alpha value is -2.50. The van der Waals surface area contributed by atoms with Crippen LogP contribution in [0.1, 0.15) is 25.3 Å². The third kappa shape index (κ3) is 3.68. The van der Waals surface area contributed by atoms with Gasteiger partial charge in [0.2, 0.25) is 0 Å². The van der Waals surface area contributed by atoms with E-state index in [9.17, 15) is 9.59 Å². The molecule has 30 heavy (non-hydrogen) atoms. The Labute approximate surface area is 185 Å². The number of amides is 2. The van der Waals surface area contributed by atoms with Crippen molar-refractivity contribution >= 4 is 46.3 Å². The molecule has 2 aromatic rings. The van der Waals surface area contributed by atoms with Gasteiger partial charge in [-0.1, -0.05) is 42.3 Å². The smallest absolute Gasteiger partial charge is 0.282 e. The fraction of sp³-hybridized carbons (Fsp3) is 0.304. The second-order valence-electron chi connectivity index (χ2n) is 7.66. The Morgan fingerprint density at radius 1 is 0.933 bits per heavy atom. The average molecular weight is 445 g/mol. The van der Waals surface area contributed by atoms with Gasteiger partial charge in [-0.15, -0.1) is 0 Å². The van der Waals surface area contributed by atoms with Crippen LogP contribution in [0, 0.1) is 5.92 Å². The molecule has 2 aromatic carbocycles. The molecule has 0 saturated carbocycles. The Balaban J connectivity index is 1.84. The molecule has 0 unspecified atom stereocenters. The van der Waals surface area contributed by atoms with Gasteiger partial charge < -0.3 is 9.64 Å². The maximum Gasteiger partial charge on any atom is 0.282 e. The summed E-state index contributed by atoms with van der Waals surface area (Å²) >= 11 is 12.2. The maximum atomic E-state index is 13.6. The summed E-state index contributed by atoms with van der Waals surface area (Å²) in [5.74, 6) is 0.249. The number of hydrogen-bond acceptors (Lipinski definition) is 4. The second kappa shape index (κ2) is 8.32. The van der Waals surface area contributed by atoms with E-state index < -0.39 is 5.91 Å². The lowest BCUT2D eigenvalue weighted by atomic mass is 9.97. The van der Waals surface area contributed by atoms with E-state index in [2.05, 4.69) is 6.92 Å². The molecular formula is C23H22Cl2N2O3. The summed E-state index contributed by atoms with van der Waals surface area (Å²) in [5, 5.41) is 0.984. The first kappa shape index (κ1) is 20.8. The molecule has 2 aliphatic heterocycles. The zero-order valence-electron chi connectivity index (χ0n) is 16.8. The number of nitrogens with zero attached hydrogens (tertiary/aromatic N) is 2. The first-order valence-corrected chi connectivity index (χ1v) is 10.6. The van der Waals surface area contributed by atoms with Crippen molar-refractivity contribution in [2.75, 3.05) is 25.1 Å². The molecule has 2 amide bonds. The van der Waals surface area contributed by atoms with Gasteiger partial charge in [-0.3, -0.25) is 9.59 Å². The first-order chi connectivity index (χ1) is 14.4. The fourth-order valence-corrected chi connectivity index (χ4v) is 4.27. The number of benzene rings is 2. The quantitative estimate of drug-likeness (QED) is 0.621. The molecule has 156 valence electrons. The third-order valence-electron chi connectivity index (χ3n) is 5.67. The van der Waals surface area contributed by atoms with Gasteiger partial charge in [0.05, 0.1) is 18.4 Å². The van der Waals surface area contributed by atoms with E-state index in [1.165, 1.54) is 12.0 Å². The van der Waals surface area contributed by atoms with Crippen LogP contribution in [-0.4, -0.2) is 36.9 Å². The molecule has 2 heterocycles. The standard InChI is InChI=1S/C23H22Cl2N2O3/c1-14-9-11-26(12-10-14)21-20(15-3-5-16(24)6-4-15)22(28)27(23(21)29)18-13-17(25)7-8-19(18)30-2/h3-8,13-14H,9-12H2,1-2H3. The van der Waals surface area contributed by atoms with E-state index in [0.29, 0.717) is 44.2 Å². The summed E-state index contributed by atoms with van der Waals surface area (Å²) < 4.78 is 5.41. The highest BCUT2D eigenvalue weighted by molar-refractivity contribution is 6.46. The number of carbonyl (C=O) groups is 2. The monoisotopic (exact) mass is 444 g/mol. The van der Waals surface area contributed by atoms with Crippen LogP contribution in [0.2, 0.25) is 10.0 Å². The SMILES string of the molecule is COc1ccc(Cl)cc1N1C(=O)C(c2ccc(Cl)cc2)=C(N2CCC(C)CC2)C1=O. The lowest BCUT2D eigenvalue weighted by Gasteiger charge is -2.32. The molecule has 1 fully saturated rings. The number of anilines is 1. The molecule has 0 spiro atoms. The number of methoxy groups -OCH3 is 1. The normalized spacial score (nSPS) is 17.9. The van der Waals surface area contributed by atoms with Gasteiger partial charge in [-0.25, -0.2) is 4.90 Å². The molecule has 0 N–H and O–H groups in total. The Morgan fingerprint density at radius 2 is 1.57 bits per heavy atom. The Kier molecular flexibility index (Phi) is 5.76. The molecule has 0 radical (unpaired) electrons. The van der Waals surface area contributed by atoms with E-state index in [4.69, 9.17) is 27.9 Å². The van der Waals surface area contributed by atoms with Crippen molar-refractivity contribution < 1.29 is 14.3 Å². The van der Waals surface area contributed by atoms with Crippen LogP contribution in [0.5, 0.6) is 5.75 Å². The van der Waals surface area contributed by atoms with E-state index in [0.717, 1.165) is 25.9 Å². The van der Waals surface area contributed by atoms with Crippen LogP contribution in [0.3, 0.4) is 0 Å². The lowest BCUT2D eigenvalue weighted by molar-refractivity contribution is -0.120. The molecule has 1 saturated heterocycles. The molecule has 5 nitrogen and oxygen atoms in total. The number of carbonyl (C=O) groups excluding carboxylic acids is 2. The minimum Gasteiger partial charge on any atom is -0.495 e. The zero-order valence-corrected chi connectivity index (χ0v) is 18.3. The average Bonchev–Trinajstić information content (AvgIpc) is 2.99. The van der Waals surface area contributed by atoms with Crippen LogP contribution >= 0.6 is 23.2 Å². The number of hydrogen-bond donors (Lipinski definition) is 0. The van der Waals surface area contributed by atoms with E-state index in [1.807, 2.05) is 4.90 Å². The summed E-state index contributed by atoms with van der Waals surface area (Å²) in [6.45, 7) is 3.66. The van der Waals surface area contributed by atoms with Crippen LogP contribution < -0.4 is 9.64 Å². The van der Waals surface area contributed by atoms with Gasteiger partial charge >= 0.3 is 0 Å². The van der Waals surface area contributed by atoms with Gasteiger partial charge in [0, 0.05) is 23.1 Å². The molecule has 7 heteroatoms. The van der Waals surface area contributed by atoms with Gasteiger partial charge in [0.15, 0.2) is 0 Å². The zero-order chi connectivity index (χ0) is 21.4. The predicted molar refractivity (Wildman–Crippen MR) is 119 cm³/mol. The topological polar surface area (TPSA) is 49.9 Å². The maximum absolute atomic E-state index is 13.6. The van der Waals surface area contributed by atoms with Gasteiger partial charge in [0.1, 0.15) is 11.4 Å². The highest BCUT2D eigenvalue weighted by Gasteiger charge is 2.44. The minimum absolute atomic E-state index is 0.340. The van der Waals surface area contributed by atoms with Crippen molar-refractivity contribution in [3.05, 3.63) is 63.8 Å². The number of ether oxygens (including phenoxy) is 1. The van der Waals surface area contributed by atoms with Gasteiger partial charge in [-0.05, 0) is 54.7 Å². The van der Waals surface area contributed by atoms with Crippen LogP contribution in [0.25, 0.3) is 5.57 Å². The lowest BCUT2D eigenvalue weighted by Crippen LogP contribution is -2.38. The number of rotatable bonds is 4. The van der Waals surface area contributed by atoms with E-state index in [-0.39, 0.29) is 5.91 Å². The molecule has 0 aliphatic carbocycles. The van der Waals surface area contributed by atoms with Crippen molar-refractivity contribution in [3.63, 3.8) is 0 Å². The van der Waals surface area contributed by atoms with Gasteiger partial charge in [0.25, 0.3) is 11.8 Å². The highest BCUT2D eigenvalue weighted by Crippen LogP contribution is 2.40. The van der Waals surface area contributed by atoms with Crippen LogP contribution in [0.4, 0.5) is 5.69 Å². The Morgan fingerprint density at radius 3 is 2.20 bits per heavy atom. The largest absolute Gasteiger partial charge is 0.495 e. The number of halogens is 2. The molecule has 2 aliphatic rings. The van der Waals surface area contributed by atoms with Crippen molar-refractivity contribution in [1.82, 2.24) is 4.90 Å². The van der Waals surface area contributed by atoms with Gasteiger partial charge in [-0.2, -0.15) is 0 Å². The molecule has 0 bridgehead atoms. The van der Waals surface area contributed by atoms with Crippen LogP contribution in [-0.2, 0) is 9.59 Å². The molecule has 4 rings (SSSR count). The summed E-state index contributed by atoms with van der Waals surface area (Å²) in [7, 11) is 1.50. The highest BCUT2D eigenvalue weighted by atomic mass is 35.5. The summed E-state index contributed by atoms with van der Waals surface area (Å²) in [6.07, 6.45) is 1.94.